The van der Waals surface area contributed by atoms with Crippen molar-refractivity contribution in [1.82, 2.24) is 0 Å². The van der Waals surface area contributed by atoms with Crippen molar-refractivity contribution in [1.29, 1.82) is 0 Å². The number of alkyl halides is 6. The highest BCUT2D eigenvalue weighted by Gasteiger charge is 2.68. The average Bonchev–Trinajstić information content (AvgIpc) is 2.30. The van der Waals surface area contributed by atoms with Gasteiger partial charge in [0, 0.05) is 5.92 Å². The molecule has 1 saturated carbocycles. The van der Waals surface area contributed by atoms with Crippen molar-refractivity contribution in [2.75, 3.05) is 0 Å². The fourth-order valence-corrected chi connectivity index (χ4v) is 2.50. The molecule has 1 aliphatic carbocycles. The third-order valence-corrected chi connectivity index (χ3v) is 3.89. The summed E-state index contributed by atoms with van der Waals surface area (Å²) in [4.78, 5) is 0. The summed E-state index contributed by atoms with van der Waals surface area (Å²) in [5.74, 6) is -2.43. The Morgan fingerprint density at radius 1 is 1.33 bits per heavy atom. The smallest absolute Gasteiger partial charge is 0.171 e. The molecule has 3 unspecified atom stereocenters. The molecule has 1 rings (SSSR count). The highest BCUT2D eigenvalue weighted by molar-refractivity contribution is 6.56. The number of hydrogen-bond donors (Lipinski definition) is 0. The van der Waals surface area contributed by atoms with E-state index in [2.05, 4.69) is 0 Å². The summed E-state index contributed by atoms with van der Waals surface area (Å²) < 4.78 is 34.8. The van der Waals surface area contributed by atoms with Gasteiger partial charge in [-0.25, -0.2) is 0 Å². The van der Waals surface area contributed by atoms with Gasteiger partial charge in [0.2, 0.25) is 0 Å². The average molecular weight is 241 g/mol. The highest BCUT2D eigenvalue weighted by atomic mass is 35.5. The summed E-state index contributed by atoms with van der Waals surface area (Å²) in [6.45, 7) is 1.03. The summed E-state index contributed by atoms with van der Waals surface area (Å²) in [5, 5.41) is -0.794. The molecule has 0 heterocycles. The normalized spacial score (nSPS) is 36.2. The fraction of sp³-hybridized carbons (Fsp3) is 1.00. The first-order chi connectivity index (χ1) is 5.19. The van der Waals surface area contributed by atoms with Gasteiger partial charge in [-0.05, 0) is 0 Å². The molecule has 0 spiro atoms. The summed E-state index contributed by atoms with van der Waals surface area (Å²) in [6.07, 6.45) is -4.27. The van der Waals surface area contributed by atoms with Gasteiger partial charge in [0.05, 0.1) is 11.3 Å². The molecule has 0 aromatic carbocycles. The van der Waals surface area contributed by atoms with E-state index in [1.54, 1.807) is 0 Å². The molecular formula is C6H6Cl3F3. The molecule has 3 atom stereocenters. The molecule has 0 amide bonds. The van der Waals surface area contributed by atoms with E-state index in [1.807, 2.05) is 0 Å². The molecule has 1 fully saturated rings. The standard InChI is InChI=1S/C6H6Cl3F3/c1-2(6(10,11)12)3-4(7)5(3,8)9/h2-4H,1H3. The van der Waals surface area contributed by atoms with Gasteiger partial charge in [-0.3, -0.25) is 0 Å². The van der Waals surface area contributed by atoms with Crippen molar-refractivity contribution in [3.05, 3.63) is 0 Å². The van der Waals surface area contributed by atoms with Crippen LogP contribution in [0.1, 0.15) is 6.92 Å². The minimum atomic E-state index is -4.27. The van der Waals surface area contributed by atoms with E-state index in [4.69, 9.17) is 34.8 Å². The predicted octanol–water partition coefficient (Wildman–Crippen LogP) is 3.60. The van der Waals surface area contributed by atoms with Crippen LogP contribution in [0.4, 0.5) is 13.2 Å². The maximum atomic E-state index is 12.1. The molecule has 0 nitrogen and oxygen atoms in total. The van der Waals surface area contributed by atoms with Crippen LogP contribution in [-0.2, 0) is 0 Å². The summed E-state index contributed by atoms with van der Waals surface area (Å²) in [5.41, 5.74) is 0. The first-order valence-electron chi connectivity index (χ1n) is 3.27. The lowest BCUT2D eigenvalue weighted by Crippen LogP contribution is -2.23. The van der Waals surface area contributed by atoms with Crippen LogP contribution in [-0.4, -0.2) is 15.9 Å². The molecule has 0 aromatic rings. The molecule has 0 bridgehead atoms. The molecule has 0 radical (unpaired) electrons. The highest BCUT2D eigenvalue weighted by Crippen LogP contribution is 2.62. The molecule has 12 heavy (non-hydrogen) atoms. The van der Waals surface area contributed by atoms with Crippen molar-refractivity contribution >= 4 is 34.8 Å². The molecule has 1 aliphatic rings. The van der Waals surface area contributed by atoms with E-state index in [-0.39, 0.29) is 0 Å². The zero-order valence-electron chi connectivity index (χ0n) is 6.00. The van der Waals surface area contributed by atoms with E-state index < -0.39 is 27.7 Å². The maximum absolute atomic E-state index is 12.1. The van der Waals surface area contributed by atoms with Gasteiger partial charge in [-0.1, -0.05) is 30.1 Å². The summed E-state index contributed by atoms with van der Waals surface area (Å²) >= 11 is 16.5. The molecular weight excluding hydrogens is 235 g/mol. The maximum Gasteiger partial charge on any atom is 0.391 e. The van der Waals surface area contributed by atoms with Crippen molar-refractivity contribution in [2.45, 2.75) is 22.8 Å². The van der Waals surface area contributed by atoms with Gasteiger partial charge in [-0.2, -0.15) is 13.2 Å². The topological polar surface area (TPSA) is 0 Å². The lowest BCUT2D eigenvalue weighted by molar-refractivity contribution is -0.175. The van der Waals surface area contributed by atoms with Gasteiger partial charge in [0.25, 0.3) is 0 Å². The van der Waals surface area contributed by atoms with Crippen LogP contribution in [0.25, 0.3) is 0 Å². The number of halogens is 6. The Hall–Kier alpha value is 0.660. The largest absolute Gasteiger partial charge is 0.391 e. The van der Waals surface area contributed by atoms with Gasteiger partial charge in [0.15, 0.2) is 0 Å². The van der Waals surface area contributed by atoms with E-state index in [9.17, 15) is 13.2 Å². The molecule has 72 valence electrons. The lowest BCUT2D eigenvalue weighted by Gasteiger charge is -2.14. The SMILES string of the molecule is CC(C1C(Cl)C1(Cl)Cl)C(F)(F)F. The third kappa shape index (κ3) is 1.64. The Kier molecular flexibility index (Phi) is 2.53. The van der Waals surface area contributed by atoms with Crippen LogP contribution in [0.2, 0.25) is 0 Å². The fourth-order valence-electron chi connectivity index (χ4n) is 1.10. The van der Waals surface area contributed by atoms with Crippen molar-refractivity contribution in [3.8, 4) is 0 Å². The van der Waals surface area contributed by atoms with E-state index in [0.717, 1.165) is 6.92 Å². The van der Waals surface area contributed by atoms with Crippen molar-refractivity contribution < 1.29 is 13.2 Å². The number of rotatable bonds is 1. The third-order valence-electron chi connectivity index (χ3n) is 2.07. The first-order valence-corrected chi connectivity index (χ1v) is 4.47. The van der Waals surface area contributed by atoms with Crippen LogP contribution in [0.15, 0.2) is 0 Å². The second-order valence-electron chi connectivity index (χ2n) is 2.93. The zero-order chi connectivity index (χ0) is 9.73. The van der Waals surface area contributed by atoms with Gasteiger partial charge >= 0.3 is 6.18 Å². The minimum absolute atomic E-state index is 0.794. The second kappa shape index (κ2) is 2.82. The molecule has 0 aromatic heterocycles. The second-order valence-corrected chi connectivity index (χ2v) is 4.85. The summed E-state index contributed by atoms with van der Waals surface area (Å²) in [6, 6.07) is 0. The van der Waals surface area contributed by atoms with E-state index >= 15 is 0 Å². The molecule has 6 heteroatoms. The van der Waals surface area contributed by atoms with Crippen LogP contribution >= 0.6 is 34.8 Å². The van der Waals surface area contributed by atoms with Gasteiger partial charge in [-0.15, -0.1) is 11.6 Å². The molecule has 0 saturated heterocycles. The quantitative estimate of drug-likeness (QED) is 0.615. The van der Waals surface area contributed by atoms with E-state index in [1.165, 1.54) is 0 Å². The van der Waals surface area contributed by atoms with Gasteiger partial charge < -0.3 is 0 Å². The Morgan fingerprint density at radius 3 is 1.75 bits per heavy atom. The zero-order valence-corrected chi connectivity index (χ0v) is 8.27. The monoisotopic (exact) mass is 240 g/mol. The Labute approximate surface area is 83.0 Å². The minimum Gasteiger partial charge on any atom is -0.171 e. The molecule has 0 aliphatic heterocycles. The number of hydrogen-bond acceptors (Lipinski definition) is 0. The van der Waals surface area contributed by atoms with E-state index in [0.29, 0.717) is 0 Å². The Morgan fingerprint density at radius 2 is 1.67 bits per heavy atom. The van der Waals surface area contributed by atoms with Crippen molar-refractivity contribution in [2.24, 2.45) is 11.8 Å². The van der Waals surface area contributed by atoms with Crippen LogP contribution < -0.4 is 0 Å². The summed E-state index contributed by atoms with van der Waals surface area (Å²) in [7, 11) is 0. The van der Waals surface area contributed by atoms with Crippen LogP contribution in [0.3, 0.4) is 0 Å². The van der Waals surface area contributed by atoms with Gasteiger partial charge in [0.1, 0.15) is 4.33 Å². The Balaban J connectivity index is 2.64. The van der Waals surface area contributed by atoms with Crippen molar-refractivity contribution in [3.63, 3.8) is 0 Å². The lowest BCUT2D eigenvalue weighted by atomic mass is 10.1. The molecule has 0 N–H and O–H groups in total. The predicted molar refractivity (Wildman–Crippen MR) is 42.8 cm³/mol. The van der Waals surface area contributed by atoms with Crippen LogP contribution in [0, 0.1) is 11.8 Å². The van der Waals surface area contributed by atoms with Crippen LogP contribution in [0.5, 0.6) is 0 Å². The first kappa shape index (κ1) is 10.7. The Bertz CT molecular complexity index is 179.